The van der Waals surface area contributed by atoms with Crippen molar-refractivity contribution in [2.75, 3.05) is 5.32 Å². The first-order valence-corrected chi connectivity index (χ1v) is 10.3. The summed E-state index contributed by atoms with van der Waals surface area (Å²) in [7, 11) is 1.80. The van der Waals surface area contributed by atoms with E-state index >= 15 is 0 Å². The molecule has 1 N–H and O–H groups in total. The fourth-order valence-electron chi connectivity index (χ4n) is 4.24. The van der Waals surface area contributed by atoms with Gasteiger partial charge in [0.15, 0.2) is 0 Å². The van der Waals surface area contributed by atoms with Gasteiger partial charge in [0.25, 0.3) is 5.56 Å². The van der Waals surface area contributed by atoms with E-state index in [0.717, 1.165) is 39.0 Å². The van der Waals surface area contributed by atoms with Gasteiger partial charge >= 0.3 is 0 Å². The molecule has 2 heterocycles. The molecular formula is C25H26N4O2. The highest BCUT2D eigenvalue weighted by Crippen LogP contribution is 2.30. The van der Waals surface area contributed by atoms with Gasteiger partial charge in [-0.25, -0.2) is 0 Å². The number of nitrogens with one attached hydrogen (secondary N) is 1. The Hall–Kier alpha value is -3.67. The molecule has 4 aromatic rings. The number of carbonyl (C=O) groups excluding carboxylic acids is 1. The van der Waals surface area contributed by atoms with Gasteiger partial charge in [0.1, 0.15) is 11.7 Å². The predicted molar refractivity (Wildman–Crippen MR) is 124 cm³/mol. The number of aromatic nitrogens is 3. The summed E-state index contributed by atoms with van der Waals surface area (Å²) >= 11 is 0. The molecule has 0 saturated heterocycles. The van der Waals surface area contributed by atoms with E-state index in [4.69, 9.17) is 0 Å². The van der Waals surface area contributed by atoms with Crippen molar-refractivity contribution in [3.8, 4) is 11.1 Å². The van der Waals surface area contributed by atoms with Gasteiger partial charge in [0.05, 0.1) is 5.69 Å². The van der Waals surface area contributed by atoms with Crippen LogP contribution in [-0.4, -0.2) is 20.3 Å². The highest BCUT2D eigenvalue weighted by Gasteiger charge is 2.24. The molecule has 31 heavy (non-hydrogen) atoms. The predicted octanol–water partition coefficient (Wildman–Crippen LogP) is 4.53. The van der Waals surface area contributed by atoms with Crippen LogP contribution in [0.15, 0.2) is 59.4 Å². The molecule has 1 atom stereocenters. The maximum absolute atomic E-state index is 13.2. The van der Waals surface area contributed by atoms with Gasteiger partial charge in [0, 0.05) is 24.2 Å². The van der Waals surface area contributed by atoms with E-state index in [1.54, 1.807) is 24.7 Å². The Morgan fingerprint density at radius 3 is 2.29 bits per heavy atom. The number of amides is 1. The number of hydrogen-bond donors (Lipinski definition) is 1. The molecule has 0 aliphatic carbocycles. The Labute approximate surface area is 181 Å². The van der Waals surface area contributed by atoms with Crippen LogP contribution in [0.25, 0.3) is 22.2 Å². The van der Waals surface area contributed by atoms with Gasteiger partial charge in [-0.05, 0) is 62.1 Å². The monoisotopic (exact) mass is 414 g/mol. The number of rotatable bonds is 4. The minimum absolute atomic E-state index is 0.238. The molecule has 0 aliphatic heterocycles. The zero-order chi connectivity index (χ0) is 22.3. The van der Waals surface area contributed by atoms with Crippen molar-refractivity contribution < 1.29 is 4.79 Å². The van der Waals surface area contributed by atoms with Crippen LogP contribution < -0.4 is 10.9 Å². The first kappa shape index (κ1) is 20.6. The quantitative estimate of drug-likeness (QED) is 0.534. The Morgan fingerprint density at radius 2 is 1.65 bits per heavy atom. The maximum Gasteiger partial charge on any atom is 0.253 e. The first-order chi connectivity index (χ1) is 14.8. The summed E-state index contributed by atoms with van der Waals surface area (Å²) < 4.78 is 3.21. The molecule has 0 fully saturated rings. The summed E-state index contributed by atoms with van der Waals surface area (Å²) in [6, 6.07) is 16.6. The van der Waals surface area contributed by atoms with Crippen LogP contribution in [0.3, 0.4) is 0 Å². The van der Waals surface area contributed by atoms with Crippen LogP contribution in [0.4, 0.5) is 5.69 Å². The smallest absolute Gasteiger partial charge is 0.253 e. The number of anilines is 1. The summed E-state index contributed by atoms with van der Waals surface area (Å²) in [6.07, 6.45) is 0. The van der Waals surface area contributed by atoms with E-state index in [-0.39, 0.29) is 11.5 Å². The van der Waals surface area contributed by atoms with Crippen LogP contribution in [0.5, 0.6) is 0 Å². The van der Waals surface area contributed by atoms with Crippen molar-refractivity contribution in [1.82, 2.24) is 14.3 Å². The summed E-state index contributed by atoms with van der Waals surface area (Å²) in [5.74, 6) is -0.250. The van der Waals surface area contributed by atoms with E-state index < -0.39 is 6.04 Å². The topological polar surface area (TPSA) is 68.9 Å². The van der Waals surface area contributed by atoms with E-state index in [9.17, 15) is 9.59 Å². The van der Waals surface area contributed by atoms with Crippen molar-refractivity contribution in [3.05, 3.63) is 81.8 Å². The van der Waals surface area contributed by atoms with Crippen LogP contribution in [0.1, 0.15) is 29.8 Å². The molecule has 2 aromatic heterocycles. The lowest BCUT2D eigenvalue weighted by Gasteiger charge is -2.19. The molecule has 0 radical (unpaired) electrons. The van der Waals surface area contributed by atoms with Crippen LogP contribution in [0.2, 0.25) is 0 Å². The Kier molecular flexibility index (Phi) is 5.23. The molecule has 6 nitrogen and oxygen atoms in total. The average Bonchev–Trinajstić information content (AvgIpc) is 3.01. The molecule has 2 aromatic carbocycles. The lowest BCUT2D eigenvalue weighted by Crippen LogP contribution is -2.32. The number of fused-ring (bicyclic) bond motifs is 1. The van der Waals surface area contributed by atoms with Crippen molar-refractivity contribution in [2.24, 2.45) is 7.05 Å². The fourth-order valence-corrected chi connectivity index (χ4v) is 4.24. The van der Waals surface area contributed by atoms with E-state index in [1.807, 2.05) is 69.3 Å². The molecule has 158 valence electrons. The summed E-state index contributed by atoms with van der Waals surface area (Å²) in [4.78, 5) is 26.3. The van der Waals surface area contributed by atoms with Crippen molar-refractivity contribution in [3.63, 3.8) is 0 Å². The Bertz CT molecular complexity index is 1330. The second-order valence-electron chi connectivity index (χ2n) is 8.08. The molecule has 0 spiro atoms. The van der Waals surface area contributed by atoms with Crippen LogP contribution in [-0.2, 0) is 11.8 Å². The van der Waals surface area contributed by atoms with Gasteiger partial charge in [-0.15, -0.1) is 0 Å². The first-order valence-electron chi connectivity index (χ1n) is 10.3. The number of pyridine rings is 1. The number of hydrogen-bond acceptors (Lipinski definition) is 3. The van der Waals surface area contributed by atoms with Crippen molar-refractivity contribution in [2.45, 2.75) is 33.7 Å². The van der Waals surface area contributed by atoms with Gasteiger partial charge in [-0.2, -0.15) is 5.10 Å². The lowest BCUT2D eigenvalue weighted by molar-refractivity contribution is -0.118. The largest absolute Gasteiger partial charge is 0.324 e. The molecule has 0 aliphatic rings. The molecule has 6 heteroatoms. The zero-order valence-electron chi connectivity index (χ0n) is 18.4. The minimum Gasteiger partial charge on any atom is -0.324 e. The second-order valence-corrected chi connectivity index (χ2v) is 8.08. The minimum atomic E-state index is -0.713. The lowest BCUT2D eigenvalue weighted by atomic mass is 10.0. The molecule has 0 bridgehead atoms. The van der Waals surface area contributed by atoms with Gasteiger partial charge < -0.3 is 5.32 Å². The molecular weight excluding hydrogens is 388 g/mol. The van der Waals surface area contributed by atoms with E-state index in [0.29, 0.717) is 5.65 Å². The highest BCUT2D eigenvalue weighted by molar-refractivity contribution is 5.98. The summed E-state index contributed by atoms with van der Waals surface area (Å²) in [5.41, 5.74) is 5.83. The SMILES string of the molecule is Cc1cc(C)cc(NC(=O)C(C)n2c(=O)cc(-c3ccccc3)c3c(C)nn(C)c32)c1. The van der Waals surface area contributed by atoms with Crippen LogP contribution >= 0.6 is 0 Å². The maximum atomic E-state index is 13.2. The Morgan fingerprint density at radius 1 is 1.00 bits per heavy atom. The third-order valence-electron chi connectivity index (χ3n) is 5.54. The third-order valence-corrected chi connectivity index (χ3v) is 5.54. The third kappa shape index (κ3) is 3.77. The number of carbonyl (C=O) groups is 1. The zero-order valence-corrected chi connectivity index (χ0v) is 18.4. The number of benzene rings is 2. The van der Waals surface area contributed by atoms with Gasteiger partial charge in [-0.3, -0.25) is 18.8 Å². The molecule has 4 rings (SSSR count). The molecule has 1 amide bonds. The number of aryl methyl sites for hydroxylation is 4. The second kappa shape index (κ2) is 7.87. The summed E-state index contributed by atoms with van der Waals surface area (Å²) in [5, 5.41) is 8.38. The molecule has 1 unspecified atom stereocenters. The van der Waals surface area contributed by atoms with E-state index in [1.165, 1.54) is 4.57 Å². The van der Waals surface area contributed by atoms with Gasteiger partial charge in [-0.1, -0.05) is 36.4 Å². The average molecular weight is 415 g/mol. The van der Waals surface area contributed by atoms with Crippen molar-refractivity contribution >= 4 is 22.6 Å². The Balaban J connectivity index is 1.83. The van der Waals surface area contributed by atoms with Crippen LogP contribution in [0, 0.1) is 20.8 Å². The highest BCUT2D eigenvalue weighted by atomic mass is 16.2. The summed E-state index contributed by atoms with van der Waals surface area (Å²) in [6.45, 7) is 7.63. The molecule has 0 saturated carbocycles. The standard InChI is InChI=1S/C25H26N4O2/c1-15-11-16(2)13-20(12-15)26-24(31)18(4)29-22(30)14-21(19-9-7-6-8-10-19)23-17(3)27-28(5)25(23)29/h6-14,18H,1-5H3,(H,26,31). The van der Waals surface area contributed by atoms with Crippen molar-refractivity contribution in [1.29, 1.82) is 0 Å². The van der Waals surface area contributed by atoms with Gasteiger partial charge in [0.2, 0.25) is 5.91 Å². The normalized spacial score (nSPS) is 12.2. The fraction of sp³-hybridized carbons (Fsp3) is 0.240. The number of nitrogens with zero attached hydrogens (tertiary/aromatic N) is 3. The van der Waals surface area contributed by atoms with E-state index in [2.05, 4.69) is 10.4 Å².